The molecule has 0 heterocycles. The summed E-state index contributed by atoms with van der Waals surface area (Å²) in [4.78, 5) is 10.2. The van der Waals surface area contributed by atoms with Crippen molar-refractivity contribution in [2.24, 2.45) is 5.73 Å². The van der Waals surface area contributed by atoms with Gasteiger partial charge in [0.1, 0.15) is 5.75 Å². The van der Waals surface area contributed by atoms with Gasteiger partial charge < -0.3 is 10.5 Å². The van der Waals surface area contributed by atoms with Crippen molar-refractivity contribution in [3.63, 3.8) is 0 Å². The summed E-state index contributed by atoms with van der Waals surface area (Å²) >= 11 is 6.49. The normalized spacial score (nSPS) is 10.2. The van der Waals surface area contributed by atoms with Crippen molar-refractivity contribution >= 4 is 43.4 Å². The van der Waals surface area contributed by atoms with E-state index in [9.17, 15) is 10.1 Å². The Hall–Kier alpha value is -1.15. The van der Waals surface area contributed by atoms with E-state index < -0.39 is 4.92 Å². The van der Waals surface area contributed by atoms with Crippen LogP contribution in [0.4, 0.5) is 5.69 Å². The third-order valence-electron chi connectivity index (χ3n) is 2.28. The molecular weight excluding hydrogens is 382 g/mol. The third kappa shape index (κ3) is 5.15. The van der Waals surface area contributed by atoms with E-state index in [0.29, 0.717) is 27.7 Å². The molecule has 3 N–H and O–H groups in total. The first-order chi connectivity index (χ1) is 8.91. The summed E-state index contributed by atoms with van der Waals surface area (Å²) in [6.07, 6.45) is 2.08. The molecule has 0 atom stereocenters. The van der Waals surface area contributed by atoms with E-state index in [1.54, 1.807) is 0 Å². The van der Waals surface area contributed by atoms with Gasteiger partial charge in [0.2, 0.25) is 0 Å². The number of ether oxygens (including phenoxy) is 1. The predicted octanol–water partition coefficient (Wildman–Crippen LogP) is 3.60. The summed E-state index contributed by atoms with van der Waals surface area (Å²) in [5, 5.41) is 17.8. The maximum Gasteiger partial charge on any atom is 0.271 e. The van der Waals surface area contributed by atoms with Gasteiger partial charge >= 0.3 is 0 Å². The molecule has 0 saturated carbocycles. The molecule has 1 aromatic carbocycles. The Labute approximate surface area is 127 Å². The summed E-state index contributed by atoms with van der Waals surface area (Å²) in [5.41, 5.74) is 5.23. The highest BCUT2D eigenvalue weighted by molar-refractivity contribution is 9.11. The van der Waals surface area contributed by atoms with Crippen LogP contribution < -0.4 is 10.5 Å². The number of nitrogens with two attached hydrogens (primary N) is 1. The Morgan fingerprint density at radius 2 is 1.95 bits per heavy atom. The number of unbranched alkanes of at least 4 members (excludes halogenated alkanes) is 1. The van der Waals surface area contributed by atoms with Crippen LogP contribution in [0.1, 0.15) is 19.3 Å². The van der Waals surface area contributed by atoms with E-state index in [1.807, 2.05) is 0 Å². The molecule has 19 heavy (non-hydrogen) atoms. The van der Waals surface area contributed by atoms with Crippen molar-refractivity contribution in [2.45, 2.75) is 19.3 Å². The molecule has 0 saturated heterocycles. The molecule has 0 aromatic heterocycles. The van der Waals surface area contributed by atoms with E-state index in [1.165, 1.54) is 12.1 Å². The van der Waals surface area contributed by atoms with Crippen molar-refractivity contribution in [1.29, 1.82) is 5.41 Å². The first kappa shape index (κ1) is 15.9. The zero-order valence-electron chi connectivity index (χ0n) is 9.99. The van der Waals surface area contributed by atoms with Gasteiger partial charge in [0.25, 0.3) is 5.69 Å². The van der Waals surface area contributed by atoms with E-state index in [4.69, 9.17) is 15.9 Å². The topological polar surface area (TPSA) is 102 Å². The Bertz CT molecular complexity index is 471. The second kappa shape index (κ2) is 7.44. The molecule has 104 valence electrons. The van der Waals surface area contributed by atoms with Crippen LogP contribution in [0.15, 0.2) is 21.1 Å². The highest BCUT2D eigenvalue weighted by Gasteiger charge is 2.14. The lowest BCUT2D eigenvalue weighted by atomic mass is 10.2. The zero-order valence-corrected chi connectivity index (χ0v) is 13.2. The zero-order chi connectivity index (χ0) is 14.4. The minimum Gasteiger partial charge on any atom is -0.491 e. The molecule has 0 spiro atoms. The van der Waals surface area contributed by atoms with E-state index >= 15 is 0 Å². The van der Waals surface area contributed by atoms with Crippen LogP contribution in [0.5, 0.6) is 5.75 Å². The number of nitro benzene ring substituents is 1. The minimum atomic E-state index is -0.466. The lowest BCUT2D eigenvalue weighted by Gasteiger charge is -2.10. The van der Waals surface area contributed by atoms with Crippen LogP contribution in [0, 0.1) is 15.5 Å². The Morgan fingerprint density at radius 3 is 2.42 bits per heavy atom. The molecule has 0 bridgehead atoms. The molecule has 0 aliphatic heterocycles. The largest absolute Gasteiger partial charge is 0.491 e. The van der Waals surface area contributed by atoms with Gasteiger partial charge in [0, 0.05) is 18.6 Å². The van der Waals surface area contributed by atoms with Crippen LogP contribution in [0.25, 0.3) is 0 Å². The number of nitrogens with zero attached hydrogens (tertiary/aromatic N) is 1. The monoisotopic (exact) mass is 393 g/mol. The highest BCUT2D eigenvalue weighted by Crippen LogP contribution is 2.37. The van der Waals surface area contributed by atoms with Gasteiger partial charge in [-0.05, 0) is 44.7 Å². The molecule has 1 aromatic rings. The second-order valence-electron chi connectivity index (χ2n) is 3.83. The standard InChI is InChI=1S/C11H13Br2N3O3/c12-8-5-7(16(17)18)6-9(13)11(8)19-4-2-1-3-10(14)15/h5-6H,1-4H2,(H3,14,15). The van der Waals surface area contributed by atoms with Gasteiger partial charge in [-0.25, -0.2) is 0 Å². The molecule has 6 nitrogen and oxygen atoms in total. The first-order valence-corrected chi connectivity index (χ1v) is 7.09. The number of rotatable bonds is 7. The fourth-order valence-corrected chi connectivity index (χ4v) is 2.77. The smallest absolute Gasteiger partial charge is 0.271 e. The number of amidine groups is 1. The summed E-state index contributed by atoms with van der Waals surface area (Å²) in [6, 6.07) is 2.80. The van der Waals surface area contributed by atoms with Crippen LogP contribution in [0.2, 0.25) is 0 Å². The number of halogens is 2. The van der Waals surface area contributed by atoms with Gasteiger partial charge in [-0.2, -0.15) is 0 Å². The predicted molar refractivity (Wildman–Crippen MR) is 79.8 cm³/mol. The van der Waals surface area contributed by atoms with Gasteiger partial charge in [-0.15, -0.1) is 0 Å². The van der Waals surface area contributed by atoms with Crippen LogP contribution in [-0.4, -0.2) is 17.4 Å². The SMILES string of the molecule is N=C(N)CCCCOc1c(Br)cc([N+](=O)[O-])cc1Br. The Kier molecular flexibility index (Phi) is 6.23. The van der Waals surface area contributed by atoms with Crippen LogP contribution in [0.3, 0.4) is 0 Å². The minimum absolute atomic E-state index is 0.0114. The number of nitro groups is 1. The second-order valence-corrected chi connectivity index (χ2v) is 5.54. The molecule has 0 radical (unpaired) electrons. The number of hydrogen-bond acceptors (Lipinski definition) is 4. The molecule has 8 heteroatoms. The lowest BCUT2D eigenvalue weighted by molar-refractivity contribution is -0.385. The van der Waals surface area contributed by atoms with Crippen LogP contribution >= 0.6 is 31.9 Å². The van der Waals surface area contributed by atoms with E-state index in [-0.39, 0.29) is 11.5 Å². The fourth-order valence-electron chi connectivity index (χ4n) is 1.38. The maximum absolute atomic E-state index is 10.7. The molecule has 0 amide bonds. The molecule has 0 aliphatic carbocycles. The number of hydrogen-bond donors (Lipinski definition) is 2. The van der Waals surface area contributed by atoms with Crippen molar-refractivity contribution in [3.05, 3.63) is 31.2 Å². The maximum atomic E-state index is 10.7. The summed E-state index contributed by atoms with van der Waals surface area (Å²) < 4.78 is 6.61. The van der Waals surface area contributed by atoms with Gasteiger partial charge in [0.15, 0.2) is 0 Å². The first-order valence-electron chi connectivity index (χ1n) is 5.51. The van der Waals surface area contributed by atoms with Crippen molar-refractivity contribution in [3.8, 4) is 5.75 Å². The molecule has 0 fully saturated rings. The summed E-state index contributed by atoms with van der Waals surface area (Å²) in [6.45, 7) is 0.461. The quantitative estimate of drug-likeness (QED) is 0.242. The molecule has 0 unspecified atom stereocenters. The van der Waals surface area contributed by atoms with Gasteiger partial charge in [-0.1, -0.05) is 0 Å². The van der Waals surface area contributed by atoms with Crippen LogP contribution in [-0.2, 0) is 0 Å². The van der Waals surface area contributed by atoms with Crippen molar-refractivity contribution < 1.29 is 9.66 Å². The van der Waals surface area contributed by atoms with Gasteiger partial charge in [0.05, 0.1) is 26.3 Å². The molecule has 0 aliphatic rings. The molecular formula is C11H13Br2N3O3. The van der Waals surface area contributed by atoms with Crippen molar-refractivity contribution in [1.82, 2.24) is 0 Å². The number of nitrogens with one attached hydrogen (secondary N) is 1. The average molecular weight is 395 g/mol. The van der Waals surface area contributed by atoms with E-state index in [0.717, 1.165) is 12.8 Å². The molecule has 1 rings (SSSR count). The summed E-state index contributed by atoms with van der Waals surface area (Å²) in [5.74, 6) is 0.700. The number of non-ortho nitro benzene ring substituents is 1. The van der Waals surface area contributed by atoms with Crippen molar-refractivity contribution in [2.75, 3.05) is 6.61 Å². The Morgan fingerprint density at radius 1 is 1.37 bits per heavy atom. The fraction of sp³-hybridized carbons (Fsp3) is 0.364. The Balaban J connectivity index is 2.59. The average Bonchev–Trinajstić information content (AvgIpc) is 2.30. The van der Waals surface area contributed by atoms with Gasteiger partial charge in [-0.3, -0.25) is 15.5 Å². The lowest BCUT2D eigenvalue weighted by Crippen LogP contribution is -2.09. The third-order valence-corrected chi connectivity index (χ3v) is 3.46. The summed E-state index contributed by atoms with van der Waals surface area (Å²) in [7, 11) is 0. The number of benzene rings is 1. The highest BCUT2D eigenvalue weighted by atomic mass is 79.9. The van der Waals surface area contributed by atoms with E-state index in [2.05, 4.69) is 31.9 Å².